The van der Waals surface area contributed by atoms with Crippen LogP contribution in [0.4, 0.5) is 0 Å². The summed E-state index contributed by atoms with van der Waals surface area (Å²) in [5.41, 5.74) is 15.1. The lowest BCUT2D eigenvalue weighted by Crippen LogP contribution is -2.49. The number of rotatable bonds is 4. The van der Waals surface area contributed by atoms with Gasteiger partial charge in [-0.25, -0.2) is 0 Å². The average molecular weight is 902 g/mol. The number of aliphatic hydroxyl groups is 1. The molecule has 7 N–H and O–H groups in total. The van der Waals surface area contributed by atoms with Crippen LogP contribution >= 0.6 is 21.6 Å². The molecule has 11 rings (SSSR count). The molecule has 3 fully saturated rings. The fourth-order valence-electron chi connectivity index (χ4n) is 12.2. The minimum Gasteiger partial charge on any atom is -0.508 e. The number of nitrogens with two attached hydrogens (primary N) is 1. The van der Waals surface area contributed by atoms with Gasteiger partial charge in [0.2, 0.25) is 0 Å². The van der Waals surface area contributed by atoms with Gasteiger partial charge in [-0.05, 0) is 110 Å². The number of hydrogen-bond acceptors (Lipinski definition) is 13. The molecule has 11 nitrogen and oxygen atoms in total. The number of carbonyl (C=O) groups is 1. The maximum Gasteiger partial charge on any atom is 0.302 e. The van der Waals surface area contributed by atoms with Crippen LogP contribution in [0.2, 0.25) is 0 Å². The molecule has 1 saturated heterocycles. The summed E-state index contributed by atoms with van der Waals surface area (Å²) in [6.45, 7) is 0.962. The van der Waals surface area contributed by atoms with E-state index in [1.54, 1.807) is 12.1 Å². The van der Waals surface area contributed by atoms with Crippen molar-refractivity contribution in [2.75, 3.05) is 24.9 Å². The number of nitrogens with one attached hydrogen (secondary N) is 2. The Kier molecular flexibility index (Phi) is 11.1. The van der Waals surface area contributed by atoms with Crippen LogP contribution in [0.25, 0.3) is 17.2 Å². The fraction of sp³-hybridized carbons (Fsp3) is 0.471. The lowest BCUT2D eigenvalue weighted by molar-refractivity contribution is -0.141. The van der Waals surface area contributed by atoms with Crippen LogP contribution in [0.3, 0.4) is 0 Å². The number of hydrogen-bond donors (Lipinski definition) is 6. The Morgan fingerprint density at radius 3 is 2.80 bits per heavy atom. The third-order valence-electron chi connectivity index (χ3n) is 14.9. The molecule has 1 spiro atoms. The Labute approximate surface area is 382 Å². The van der Waals surface area contributed by atoms with E-state index in [1.807, 2.05) is 33.7 Å². The summed E-state index contributed by atoms with van der Waals surface area (Å²) >= 11 is 0. The minimum atomic E-state index is -0.651. The number of esters is 1. The first-order chi connectivity index (χ1) is 31.1. The maximum absolute atomic E-state index is 12.7. The van der Waals surface area contributed by atoms with Crippen molar-refractivity contribution in [2.24, 2.45) is 17.6 Å². The molecule has 13 heteroatoms. The minimum absolute atomic E-state index is 0.0452. The Morgan fingerprint density at radius 1 is 1.03 bits per heavy atom. The topological polar surface area (TPSA) is 165 Å². The number of fused-ring (bicyclic) bond motifs is 11. The van der Waals surface area contributed by atoms with Crippen LogP contribution in [0.1, 0.15) is 104 Å². The van der Waals surface area contributed by atoms with Crippen molar-refractivity contribution < 1.29 is 39.1 Å². The molecule has 3 aromatic rings. The van der Waals surface area contributed by atoms with Crippen molar-refractivity contribution in [3.8, 4) is 51.7 Å². The molecule has 8 aliphatic rings. The number of allylic oxidation sites excluding steroid dienone is 3. The second-order valence-electron chi connectivity index (χ2n) is 19.0. The van der Waals surface area contributed by atoms with Crippen LogP contribution in [0, 0.1) is 23.7 Å². The first kappa shape index (κ1) is 42.0. The molecule has 3 aromatic carbocycles. The van der Waals surface area contributed by atoms with E-state index in [2.05, 4.69) is 52.8 Å². The van der Waals surface area contributed by atoms with Gasteiger partial charge in [-0.15, -0.1) is 0 Å². The number of aromatic hydroxyl groups is 2. The molecule has 3 aliphatic carbocycles. The van der Waals surface area contributed by atoms with Gasteiger partial charge in [0.15, 0.2) is 18.3 Å². The summed E-state index contributed by atoms with van der Waals surface area (Å²) in [6.07, 6.45) is 16.4. The Bertz CT molecular complexity index is 2560. The van der Waals surface area contributed by atoms with E-state index in [4.69, 9.17) is 24.7 Å². The van der Waals surface area contributed by atoms with E-state index in [1.165, 1.54) is 19.8 Å². The van der Waals surface area contributed by atoms with Crippen LogP contribution in [0.15, 0.2) is 59.8 Å². The summed E-state index contributed by atoms with van der Waals surface area (Å²) < 4.78 is 26.4. The molecule has 9 atom stereocenters. The number of dihydropyridines is 1. The Balaban J connectivity index is 1.13. The summed E-state index contributed by atoms with van der Waals surface area (Å²) in [5.74, 6) is 10.7. The van der Waals surface area contributed by atoms with Gasteiger partial charge in [0.1, 0.15) is 36.1 Å². The number of benzene rings is 3. The lowest BCUT2D eigenvalue weighted by atomic mass is 9.65. The van der Waals surface area contributed by atoms with E-state index in [0.29, 0.717) is 42.2 Å². The van der Waals surface area contributed by atoms with Gasteiger partial charge in [-0.2, -0.15) is 0 Å². The van der Waals surface area contributed by atoms with Crippen molar-refractivity contribution in [3.63, 3.8) is 0 Å². The smallest absolute Gasteiger partial charge is 0.302 e. The number of ether oxygens (including phenoxy) is 4. The third-order valence-corrected chi connectivity index (χ3v) is 17.5. The van der Waals surface area contributed by atoms with E-state index in [9.17, 15) is 20.1 Å². The summed E-state index contributed by atoms with van der Waals surface area (Å²) in [7, 11) is 3.77. The number of phenolic OH excluding ortho intramolecular Hbond substituents is 2. The van der Waals surface area contributed by atoms with Crippen LogP contribution < -0.4 is 30.6 Å². The second kappa shape index (κ2) is 16.9. The molecule has 0 amide bonds. The van der Waals surface area contributed by atoms with E-state index >= 15 is 0 Å². The molecule has 64 heavy (non-hydrogen) atoms. The van der Waals surface area contributed by atoms with Gasteiger partial charge < -0.3 is 50.6 Å². The lowest BCUT2D eigenvalue weighted by Gasteiger charge is -2.39. The zero-order chi connectivity index (χ0) is 43.7. The molecule has 2 saturated carbocycles. The first-order valence-corrected chi connectivity index (χ1v) is 25.4. The largest absolute Gasteiger partial charge is 0.508 e. The fourth-order valence-corrected chi connectivity index (χ4v) is 14.9. The highest BCUT2D eigenvalue weighted by Crippen LogP contribution is 2.63. The van der Waals surface area contributed by atoms with Crippen molar-refractivity contribution in [1.29, 1.82) is 0 Å². The maximum atomic E-state index is 12.7. The number of phenols is 2. The summed E-state index contributed by atoms with van der Waals surface area (Å²) in [4.78, 5) is 12.7. The van der Waals surface area contributed by atoms with E-state index < -0.39 is 18.8 Å². The molecule has 5 heterocycles. The van der Waals surface area contributed by atoms with Crippen molar-refractivity contribution in [2.45, 2.75) is 113 Å². The van der Waals surface area contributed by atoms with Gasteiger partial charge >= 0.3 is 5.97 Å². The van der Waals surface area contributed by atoms with E-state index in [0.717, 1.165) is 112 Å². The van der Waals surface area contributed by atoms with E-state index in [-0.39, 0.29) is 47.8 Å². The SMILES string of the molecule is CC(=O)OCC1c2ccc3c4c2OC1c1c(cc(O)c2c1C=CC1NC5CCCC(CSSCC1O2)C5)CC#CC1=C(C=CC(N)N1)CC1CCC4(Cc2cc(O)cc(OCO)c2-3)C1. The summed E-state index contributed by atoms with van der Waals surface area (Å²) in [5, 5.41) is 40.6. The van der Waals surface area contributed by atoms with Crippen LogP contribution in [0.5, 0.6) is 28.7 Å². The zero-order valence-electron chi connectivity index (χ0n) is 36.0. The standard InChI is InChI=1S/C51H55N3O8S2/c1-27(56)59-23-38-35-9-10-36-45-32(18-34(57)20-42(45)60-26-55)22-51-15-14-28(21-51)16-30-8-13-44(52)54-39(30)7-3-5-31-19-41(58)48-37(46(31)49(38)62-50(35)47(36)51)11-12-40-43(61-48)25-64-63-24-29-4-2-6-33(17-29)53-40/h8-13,18-20,28-29,33,38,40,43-44,49,53-55,57-58H,2,4-6,14-17,21-26,52H2,1H3. The molecular formula is C51H55N3O8S2. The number of aliphatic hydroxyl groups excluding tert-OH is 1. The molecule has 5 aliphatic heterocycles. The van der Waals surface area contributed by atoms with Gasteiger partial charge in [0.25, 0.3) is 0 Å². The van der Waals surface area contributed by atoms with Gasteiger partial charge in [0.05, 0.1) is 23.8 Å². The van der Waals surface area contributed by atoms with Crippen molar-refractivity contribution in [3.05, 3.63) is 93.2 Å². The first-order valence-electron chi connectivity index (χ1n) is 22.9. The highest BCUT2D eigenvalue weighted by molar-refractivity contribution is 8.76. The van der Waals surface area contributed by atoms with Crippen LogP contribution in [-0.4, -0.2) is 70.5 Å². The molecule has 0 radical (unpaired) electrons. The molecular weight excluding hydrogens is 847 g/mol. The molecule has 334 valence electrons. The molecule has 0 aromatic heterocycles. The monoisotopic (exact) mass is 901 g/mol. The number of carbonyl (C=O) groups excluding carboxylic acids is 1. The summed E-state index contributed by atoms with van der Waals surface area (Å²) in [6, 6.07) is 9.70. The van der Waals surface area contributed by atoms with Crippen molar-refractivity contribution in [1.82, 2.24) is 10.6 Å². The quantitative estimate of drug-likeness (QED) is 0.0651. The molecule has 9 unspecified atom stereocenters. The average Bonchev–Trinajstić information content (AvgIpc) is 3.78. The highest BCUT2D eigenvalue weighted by atomic mass is 33.1. The predicted octanol–water partition coefficient (Wildman–Crippen LogP) is 7.80. The third kappa shape index (κ3) is 7.53. The zero-order valence-corrected chi connectivity index (χ0v) is 37.6. The highest BCUT2D eigenvalue weighted by Gasteiger charge is 2.51. The predicted molar refractivity (Wildman–Crippen MR) is 249 cm³/mol. The second-order valence-corrected chi connectivity index (χ2v) is 21.6. The normalized spacial score (nSPS) is 30.7. The Morgan fingerprint density at radius 2 is 1.92 bits per heavy atom. The van der Waals surface area contributed by atoms with Crippen molar-refractivity contribution >= 4 is 33.6 Å². The Hall–Kier alpha value is -4.71. The van der Waals surface area contributed by atoms with Gasteiger partial charge in [0, 0.05) is 70.2 Å². The van der Waals surface area contributed by atoms with Crippen LogP contribution in [-0.2, 0) is 27.8 Å². The molecule has 6 bridgehead atoms. The van der Waals surface area contributed by atoms with Gasteiger partial charge in [-0.3, -0.25) is 4.79 Å². The van der Waals surface area contributed by atoms with Gasteiger partial charge in [-0.1, -0.05) is 64.3 Å².